The summed E-state index contributed by atoms with van der Waals surface area (Å²) >= 11 is 0. The normalized spacial score (nSPS) is 10.9. The summed E-state index contributed by atoms with van der Waals surface area (Å²) in [5.74, 6) is -0.534. The largest absolute Gasteiger partial charge is 0.497 e. The summed E-state index contributed by atoms with van der Waals surface area (Å²) < 4.78 is 44.4. The highest BCUT2D eigenvalue weighted by molar-refractivity contribution is 5.78. The molecule has 0 bridgehead atoms. The lowest BCUT2D eigenvalue weighted by Crippen LogP contribution is -2.34. The molecule has 172 valence electrons. The van der Waals surface area contributed by atoms with E-state index in [9.17, 15) is 38.2 Å². The third-order valence-electron chi connectivity index (χ3n) is 4.12. The average molecular weight is 459 g/mol. The number of nitrogens with one attached hydrogen (secondary N) is 2. The van der Waals surface area contributed by atoms with E-state index in [1.807, 2.05) is 0 Å². The van der Waals surface area contributed by atoms with Gasteiger partial charge in [-0.15, -0.1) is 0 Å². The molecule has 0 radical (unpaired) electrons. The number of rotatable bonds is 9. The number of hydrazine groups is 1. The SMILES string of the molecule is COc1cccc(N(CCC(=O)NO)Nc2c([N+](=O)[O-])cc(C(F)(F)F)cc2[N+](=O)[O-])c1. The Morgan fingerprint density at radius 3 is 2.22 bits per heavy atom. The van der Waals surface area contributed by atoms with Crippen LogP contribution < -0.4 is 20.7 Å². The number of benzene rings is 2. The van der Waals surface area contributed by atoms with Crippen molar-refractivity contribution in [2.45, 2.75) is 12.6 Å². The lowest BCUT2D eigenvalue weighted by Gasteiger charge is -2.26. The molecule has 12 nitrogen and oxygen atoms in total. The molecule has 15 heteroatoms. The zero-order valence-electron chi connectivity index (χ0n) is 16.3. The topological polar surface area (TPSA) is 160 Å². The number of carbonyl (C=O) groups is 1. The predicted molar refractivity (Wildman–Crippen MR) is 103 cm³/mol. The summed E-state index contributed by atoms with van der Waals surface area (Å²) in [5.41, 5.74) is -0.854. The molecular formula is C17H16F3N5O7. The van der Waals surface area contributed by atoms with Gasteiger partial charge in [0.2, 0.25) is 11.6 Å². The van der Waals surface area contributed by atoms with Gasteiger partial charge >= 0.3 is 17.6 Å². The average Bonchev–Trinajstić information content (AvgIpc) is 2.74. The molecule has 3 N–H and O–H groups in total. The lowest BCUT2D eigenvalue weighted by atomic mass is 10.1. The number of ether oxygens (including phenoxy) is 1. The standard InChI is InChI=1S/C17H16F3N5O7/c1-32-12-4-2-3-11(9-12)23(6-5-15(26)22-27)21-16-13(24(28)29)7-10(17(18,19)20)8-14(16)25(30)31/h2-4,7-9,21,27H,5-6H2,1H3,(H,22,26). The van der Waals surface area contributed by atoms with Crippen molar-refractivity contribution >= 4 is 28.7 Å². The summed E-state index contributed by atoms with van der Waals surface area (Å²) in [7, 11) is 1.35. The molecule has 2 rings (SSSR count). The van der Waals surface area contributed by atoms with Crippen LogP contribution in [0.4, 0.5) is 35.9 Å². The van der Waals surface area contributed by atoms with Crippen molar-refractivity contribution in [2.75, 3.05) is 24.1 Å². The Bertz CT molecular complexity index is 997. The van der Waals surface area contributed by atoms with E-state index >= 15 is 0 Å². The molecule has 0 heterocycles. The van der Waals surface area contributed by atoms with Crippen LogP contribution in [0.3, 0.4) is 0 Å². The first-order chi connectivity index (χ1) is 15.0. The summed E-state index contributed by atoms with van der Waals surface area (Å²) in [6.07, 6.45) is -5.46. The van der Waals surface area contributed by atoms with Gasteiger partial charge in [0.1, 0.15) is 5.75 Å². The maximum Gasteiger partial charge on any atom is 0.416 e. The Labute approximate surface area is 177 Å². The predicted octanol–water partition coefficient (Wildman–Crippen LogP) is 3.26. The summed E-state index contributed by atoms with van der Waals surface area (Å²) in [6.45, 7) is -0.297. The van der Waals surface area contributed by atoms with Gasteiger partial charge in [-0.2, -0.15) is 13.2 Å². The van der Waals surface area contributed by atoms with E-state index in [0.717, 1.165) is 5.01 Å². The third-order valence-corrected chi connectivity index (χ3v) is 4.12. The highest BCUT2D eigenvalue weighted by atomic mass is 19.4. The van der Waals surface area contributed by atoms with E-state index in [0.29, 0.717) is 5.75 Å². The van der Waals surface area contributed by atoms with Crippen LogP contribution in [0.25, 0.3) is 0 Å². The number of hydrogen-bond donors (Lipinski definition) is 3. The second kappa shape index (κ2) is 9.78. The fourth-order valence-corrected chi connectivity index (χ4v) is 2.61. The van der Waals surface area contributed by atoms with E-state index in [4.69, 9.17) is 9.94 Å². The first-order valence-corrected chi connectivity index (χ1v) is 8.63. The fraction of sp³-hybridized carbons (Fsp3) is 0.235. The van der Waals surface area contributed by atoms with Gasteiger partial charge in [0, 0.05) is 31.2 Å². The smallest absolute Gasteiger partial charge is 0.416 e. The number of nitrogens with zero attached hydrogens (tertiary/aromatic N) is 3. The Hall–Kier alpha value is -4.14. The molecule has 0 atom stereocenters. The Morgan fingerprint density at radius 2 is 1.75 bits per heavy atom. The van der Waals surface area contributed by atoms with Crippen molar-refractivity contribution in [3.63, 3.8) is 0 Å². The number of amides is 1. The minimum absolute atomic E-state index is 0.166. The van der Waals surface area contributed by atoms with E-state index < -0.39 is 44.6 Å². The van der Waals surface area contributed by atoms with Crippen LogP contribution in [-0.4, -0.2) is 34.6 Å². The Kier molecular flexibility index (Phi) is 7.37. The van der Waals surface area contributed by atoms with E-state index in [2.05, 4.69) is 5.43 Å². The maximum atomic E-state index is 13.1. The molecule has 2 aromatic rings. The molecule has 0 aliphatic rings. The number of hydrogen-bond acceptors (Lipinski definition) is 9. The van der Waals surface area contributed by atoms with E-state index in [1.165, 1.54) is 30.8 Å². The van der Waals surface area contributed by atoms with E-state index in [-0.39, 0.29) is 30.8 Å². The number of methoxy groups -OCH3 is 1. The maximum absolute atomic E-state index is 13.1. The molecule has 0 aliphatic heterocycles. The van der Waals surface area contributed by atoms with Gasteiger partial charge in [0.15, 0.2) is 0 Å². The molecular weight excluding hydrogens is 443 g/mol. The van der Waals surface area contributed by atoms with Gasteiger partial charge in [0.25, 0.3) is 0 Å². The highest BCUT2D eigenvalue weighted by Gasteiger charge is 2.38. The molecule has 0 aliphatic carbocycles. The quantitative estimate of drug-likeness (QED) is 0.290. The van der Waals surface area contributed by atoms with Gasteiger partial charge in [-0.1, -0.05) is 6.07 Å². The van der Waals surface area contributed by atoms with Crippen LogP contribution >= 0.6 is 0 Å². The van der Waals surface area contributed by atoms with Crippen LogP contribution in [0.15, 0.2) is 36.4 Å². The number of anilines is 2. The lowest BCUT2D eigenvalue weighted by molar-refractivity contribution is -0.392. The zero-order valence-corrected chi connectivity index (χ0v) is 16.3. The van der Waals surface area contributed by atoms with Crippen LogP contribution in [0.2, 0.25) is 0 Å². The molecule has 32 heavy (non-hydrogen) atoms. The highest BCUT2D eigenvalue weighted by Crippen LogP contribution is 2.41. The number of nitro groups is 2. The second-order valence-electron chi connectivity index (χ2n) is 6.15. The molecule has 1 amide bonds. The number of alkyl halides is 3. The molecule has 2 aromatic carbocycles. The summed E-state index contributed by atoms with van der Waals surface area (Å²) in [5, 5.41) is 32.6. The van der Waals surface area contributed by atoms with Crippen LogP contribution in [0.5, 0.6) is 5.75 Å². The first kappa shape index (κ1) is 24.1. The number of carbonyl (C=O) groups excluding carboxylic acids is 1. The monoisotopic (exact) mass is 459 g/mol. The van der Waals surface area contributed by atoms with E-state index in [1.54, 1.807) is 6.07 Å². The summed E-state index contributed by atoms with van der Waals surface area (Å²) in [4.78, 5) is 31.9. The van der Waals surface area contributed by atoms with Gasteiger partial charge in [-0.25, -0.2) is 5.48 Å². The van der Waals surface area contributed by atoms with Crippen molar-refractivity contribution in [2.24, 2.45) is 0 Å². The first-order valence-electron chi connectivity index (χ1n) is 8.63. The van der Waals surface area contributed by atoms with Crippen LogP contribution in [-0.2, 0) is 11.0 Å². The number of hydroxylamine groups is 1. The Balaban J connectivity index is 2.63. The van der Waals surface area contributed by atoms with Crippen LogP contribution in [0, 0.1) is 20.2 Å². The molecule has 0 fully saturated rings. The van der Waals surface area contributed by atoms with Gasteiger partial charge in [-0.3, -0.25) is 40.7 Å². The van der Waals surface area contributed by atoms with Crippen molar-refractivity contribution in [1.29, 1.82) is 0 Å². The fourth-order valence-electron chi connectivity index (χ4n) is 2.61. The van der Waals surface area contributed by atoms with Crippen molar-refractivity contribution in [3.8, 4) is 5.75 Å². The van der Waals surface area contributed by atoms with Crippen molar-refractivity contribution in [1.82, 2.24) is 5.48 Å². The number of halogens is 3. The molecule has 0 unspecified atom stereocenters. The second-order valence-corrected chi connectivity index (χ2v) is 6.15. The molecule has 0 aromatic heterocycles. The Morgan fingerprint density at radius 1 is 1.16 bits per heavy atom. The molecule has 0 saturated heterocycles. The minimum Gasteiger partial charge on any atom is -0.497 e. The van der Waals surface area contributed by atoms with Gasteiger partial charge < -0.3 is 4.74 Å². The van der Waals surface area contributed by atoms with Gasteiger partial charge in [-0.05, 0) is 12.1 Å². The van der Waals surface area contributed by atoms with Crippen LogP contribution in [0.1, 0.15) is 12.0 Å². The summed E-state index contributed by atoms with van der Waals surface area (Å²) in [6, 6.07) is 6.24. The zero-order chi connectivity index (χ0) is 24.1. The number of nitro benzene ring substituents is 2. The minimum atomic E-state index is -5.07. The van der Waals surface area contributed by atoms with Crippen molar-refractivity contribution in [3.05, 3.63) is 62.2 Å². The van der Waals surface area contributed by atoms with Gasteiger partial charge in [0.05, 0.1) is 28.2 Å². The third kappa shape index (κ3) is 5.72. The molecule has 0 spiro atoms. The molecule has 0 saturated carbocycles. The van der Waals surface area contributed by atoms with Crippen molar-refractivity contribution < 1.29 is 37.8 Å².